The van der Waals surface area contributed by atoms with Gasteiger partial charge < -0.3 is 16.2 Å². The predicted octanol–water partition coefficient (Wildman–Crippen LogP) is 0.116. The summed E-state index contributed by atoms with van der Waals surface area (Å²) in [6, 6.07) is 0.403. The first-order valence-electron chi connectivity index (χ1n) is 3.49. The monoisotopic (exact) mass is 262 g/mol. The molecule has 1 fully saturated rings. The summed E-state index contributed by atoms with van der Waals surface area (Å²) >= 11 is 7.65. The molecule has 0 aromatic heterocycles. The summed E-state index contributed by atoms with van der Waals surface area (Å²) in [6.07, 6.45) is 2.38. The largest absolute Gasteiger partial charge is 0.395 e. The van der Waals surface area contributed by atoms with Gasteiger partial charge in [0.1, 0.15) is 4.32 Å². The van der Waals surface area contributed by atoms with E-state index in [0.29, 0.717) is 12.6 Å². The van der Waals surface area contributed by atoms with E-state index >= 15 is 0 Å². The van der Waals surface area contributed by atoms with Gasteiger partial charge in [-0.2, -0.15) is 27.0 Å². The first-order valence-corrected chi connectivity index (χ1v) is 4.35. The Labute approximate surface area is 104 Å². The third kappa shape index (κ3) is 15.6. The molecule has 0 radical (unpaired) electrons. The van der Waals surface area contributed by atoms with Crippen molar-refractivity contribution in [2.24, 2.45) is 5.73 Å². The Bertz CT molecular complexity index is 115. The summed E-state index contributed by atoms with van der Waals surface area (Å²) in [5.41, 5.74) is 4.71. The lowest BCUT2D eigenvalue weighted by atomic mass is 10.2. The highest BCUT2D eigenvalue weighted by Gasteiger charge is 2.10. The maximum Gasteiger partial charge on any atom is 0.128 e. The molecule has 0 aromatic rings. The molecule has 7 heteroatoms. The molecule has 0 aromatic carbocycles. The number of nitrogens with two attached hydrogens (primary N) is 1. The second kappa shape index (κ2) is 12.9. The van der Waals surface area contributed by atoms with Gasteiger partial charge in [0, 0.05) is 6.04 Å². The van der Waals surface area contributed by atoms with Gasteiger partial charge in [-0.25, -0.2) is 0 Å². The van der Waals surface area contributed by atoms with E-state index in [0.717, 1.165) is 13.0 Å². The average Bonchev–Trinajstić information content (AvgIpc) is 2.36. The van der Waals surface area contributed by atoms with Crippen molar-refractivity contribution < 1.29 is 5.11 Å². The van der Waals surface area contributed by atoms with Crippen LogP contribution in [0.1, 0.15) is 12.8 Å². The van der Waals surface area contributed by atoms with E-state index in [9.17, 15) is 0 Å². The summed E-state index contributed by atoms with van der Waals surface area (Å²) in [5.74, 6) is 0. The molecule has 1 rings (SSSR count). The molecule has 1 atom stereocenters. The zero-order valence-electron chi connectivity index (χ0n) is 7.29. The van der Waals surface area contributed by atoms with Crippen molar-refractivity contribution >= 4 is 56.2 Å². The fourth-order valence-corrected chi connectivity index (χ4v) is 0.913. The summed E-state index contributed by atoms with van der Waals surface area (Å²) in [4.78, 5) is 0. The van der Waals surface area contributed by atoms with Crippen molar-refractivity contribution in [2.75, 3.05) is 13.2 Å². The molecule has 0 spiro atoms. The molecule has 13 heavy (non-hydrogen) atoms. The van der Waals surface area contributed by atoms with Gasteiger partial charge in [0.15, 0.2) is 0 Å². The van der Waals surface area contributed by atoms with E-state index in [1.54, 1.807) is 0 Å². The van der Waals surface area contributed by atoms with E-state index < -0.39 is 0 Å². The maximum absolute atomic E-state index is 8.50. The van der Waals surface area contributed by atoms with Crippen LogP contribution in [0.4, 0.5) is 0 Å². The molecular weight excluding hydrogens is 244 g/mol. The maximum atomic E-state index is 8.50. The molecule has 4 N–H and O–H groups in total. The fraction of sp³-hybridized carbons (Fsp3) is 0.833. The summed E-state index contributed by atoms with van der Waals surface area (Å²) in [6.45, 7) is 1.39. The van der Waals surface area contributed by atoms with Gasteiger partial charge in [0.2, 0.25) is 0 Å². The number of hydrogen-bond acceptors (Lipinski definition) is 3. The first kappa shape index (κ1) is 19.4. The zero-order chi connectivity index (χ0) is 8.69. The molecule has 1 heterocycles. The Kier molecular flexibility index (Phi) is 19.2. The third-order valence-electron chi connectivity index (χ3n) is 1.38. The number of thiol groups is 1. The van der Waals surface area contributed by atoms with Crippen LogP contribution in [0.25, 0.3) is 0 Å². The standard InChI is InChI=1S/C5H11NO.CH3NS2.2H2S/c7-4-5-2-1-3-6-5;2-1(3)4;;/h5-7H,1-4H2;(H3,2,3,4);2*1H2/t5-;;;/m1.../s1. The summed E-state index contributed by atoms with van der Waals surface area (Å²) in [7, 11) is 0. The molecule has 82 valence electrons. The molecule has 0 saturated carbocycles. The Morgan fingerprint density at radius 3 is 2.23 bits per heavy atom. The van der Waals surface area contributed by atoms with Crippen LogP contribution < -0.4 is 11.1 Å². The van der Waals surface area contributed by atoms with Crippen LogP contribution in [0.3, 0.4) is 0 Å². The van der Waals surface area contributed by atoms with Crippen molar-refractivity contribution in [2.45, 2.75) is 18.9 Å². The Morgan fingerprint density at radius 2 is 2.08 bits per heavy atom. The van der Waals surface area contributed by atoms with Crippen molar-refractivity contribution in [1.82, 2.24) is 5.32 Å². The fourth-order valence-electron chi connectivity index (χ4n) is 0.913. The van der Waals surface area contributed by atoms with E-state index in [1.165, 1.54) is 6.42 Å². The van der Waals surface area contributed by atoms with Crippen LogP contribution in [0.15, 0.2) is 0 Å². The van der Waals surface area contributed by atoms with Gasteiger partial charge in [-0.15, -0.1) is 12.6 Å². The van der Waals surface area contributed by atoms with E-state index in [2.05, 4.69) is 30.2 Å². The number of hydrogen-bond donors (Lipinski definition) is 4. The molecule has 3 nitrogen and oxygen atoms in total. The lowest BCUT2D eigenvalue weighted by Crippen LogP contribution is -2.24. The van der Waals surface area contributed by atoms with Crippen molar-refractivity contribution in [3.05, 3.63) is 0 Å². The Morgan fingerprint density at radius 1 is 1.62 bits per heavy atom. The normalized spacial score (nSPS) is 18.8. The molecule has 0 bridgehead atoms. The zero-order valence-corrected chi connectivity index (χ0v) is 11.0. The van der Waals surface area contributed by atoms with Crippen molar-refractivity contribution in [3.63, 3.8) is 0 Å². The SMILES string of the molecule is NC(=S)S.OC[C@H]1CCCN1.S.S. The Balaban J connectivity index is -0.000000150. The van der Waals surface area contributed by atoms with Gasteiger partial charge >= 0.3 is 0 Å². The van der Waals surface area contributed by atoms with Crippen LogP contribution in [0.2, 0.25) is 0 Å². The van der Waals surface area contributed by atoms with Gasteiger partial charge in [0.25, 0.3) is 0 Å². The minimum atomic E-state index is 0. The van der Waals surface area contributed by atoms with E-state index in [1.807, 2.05) is 0 Å². The van der Waals surface area contributed by atoms with Crippen molar-refractivity contribution in [1.29, 1.82) is 0 Å². The van der Waals surface area contributed by atoms with Gasteiger partial charge in [0.05, 0.1) is 6.61 Å². The number of aliphatic hydroxyl groups is 1. The topological polar surface area (TPSA) is 58.3 Å². The number of thiocarbonyl (C=S) groups is 1. The second-order valence-corrected chi connectivity index (χ2v) is 3.54. The van der Waals surface area contributed by atoms with Crippen LogP contribution >= 0.6 is 51.8 Å². The van der Waals surface area contributed by atoms with Gasteiger partial charge in [-0.3, -0.25) is 0 Å². The highest BCUT2D eigenvalue weighted by molar-refractivity contribution is 8.10. The van der Waals surface area contributed by atoms with Crippen LogP contribution in [0.5, 0.6) is 0 Å². The lowest BCUT2D eigenvalue weighted by molar-refractivity contribution is 0.255. The van der Waals surface area contributed by atoms with Crippen LogP contribution in [-0.4, -0.2) is 28.6 Å². The van der Waals surface area contributed by atoms with Crippen LogP contribution in [-0.2, 0) is 0 Å². The van der Waals surface area contributed by atoms with Crippen molar-refractivity contribution in [3.8, 4) is 0 Å². The van der Waals surface area contributed by atoms with Crippen LogP contribution in [0, 0.1) is 0 Å². The summed E-state index contributed by atoms with van der Waals surface area (Å²) in [5, 5.41) is 11.7. The number of nitrogens with one attached hydrogen (secondary N) is 1. The second-order valence-electron chi connectivity index (χ2n) is 2.31. The Hall–Kier alpha value is 0.860. The molecule has 0 unspecified atom stereocenters. The number of rotatable bonds is 1. The first-order chi connectivity index (χ1) is 5.16. The highest BCUT2D eigenvalue weighted by Crippen LogP contribution is 2.02. The molecule has 0 aliphatic carbocycles. The molecular formula is C6H18N2OS4. The lowest BCUT2D eigenvalue weighted by Gasteiger charge is -2.01. The van der Waals surface area contributed by atoms with Gasteiger partial charge in [-0.05, 0) is 19.4 Å². The molecule has 1 aliphatic rings. The number of aliphatic hydroxyl groups excluding tert-OH is 1. The molecule has 1 saturated heterocycles. The molecule has 1 aliphatic heterocycles. The van der Waals surface area contributed by atoms with E-state index in [-0.39, 0.29) is 31.3 Å². The van der Waals surface area contributed by atoms with Gasteiger partial charge in [-0.1, -0.05) is 12.2 Å². The molecule has 0 amide bonds. The average molecular weight is 262 g/mol. The quantitative estimate of drug-likeness (QED) is 0.400. The third-order valence-corrected chi connectivity index (χ3v) is 1.38. The highest BCUT2D eigenvalue weighted by atomic mass is 32.1. The smallest absolute Gasteiger partial charge is 0.128 e. The van der Waals surface area contributed by atoms with E-state index in [4.69, 9.17) is 10.8 Å². The minimum Gasteiger partial charge on any atom is -0.395 e. The summed E-state index contributed by atoms with van der Waals surface area (Å²) < 4.78 is 0.194. The minimum absolute atomic E-state index is 0. The predicted molar refractivity (Wildman–Crippen MR) is 74.6 cm³/mol.